The molecule has 1 aromatic rings. The molecule has 0 radical (unpaired) electrons. The Morgan fingerprint density at radius 1 is 1.24 bits per heavy atom. The summed E-state index contributed by atoms with van der Waals surface area (Å²) in [5, 5.41) is 0. The second kappa shape index (κ2) is 4.81. The fraction of sp³-hybridized carbons (Fsp3) is 0.625. The predicted molar refractivity (Wildman–Crippen MR) is 74.1 cm³/mol. The van der Waals surface area contributed by atoms with Crippen molar-refractivity contribution >= 4 is 0 Å². The van der Waals surface area contributed by atoms with Gasteiger partial charge in [0.15, 0.2) is 0 Å². The zero-order valence-electron chi connectivity index (χ0n) is 11.4. The van der Waals surface area contributed by atoms with Crippen LogP contribution in [0.15, 0.2) is 18.2 Å². The summed E-state index contributed by atoms with van der Waals surface area (Å²) in [5.74, 6) is 0. The third-order valence-electron chi connectivity index (χ3n) is 4.47. The highest BCUT2D eigenvalue weighted by Gasteiger charge is 2.42. The third kappa shape index (κ3) is 2.01. The van der Waals surface area contributed by atoms with Crippen molar-refractivity contribution in [3.63, 3.8) is 0 Å². The number of fused-ring (bicyclic) bond motifs is 1. The number of hydrogen-bond donors (Lipinski definition) is 1. The standard InChI is InChI=1S/C16H25N/c1-4-9-16(10-5-2)11-14-12(3)7-6-8-13(14)15(16)17/h6-8,15H,4-5,9-11,17H2,1-3H3. The molecule has 0 heterocycles. The summed E-state index contributed by atoms with van der Waals surface area (Å²) in [5.41, 5.74) is 11.3. The van der Waals surface area contributed by atoms with Gasteiger partial charge in [0.05, 0.1) is 0 Å². The summed E-state index contributed by atoms with van der Waals surface area (Å²) in [7, 11) is 0. The fourth-order valence-corrected chi connectivity index (χ4v) is 3.66. The molecular weight excluding hydrogens is 206 g/mol. The quantitative estimate of drug-likeness (QED) is 0.828. The van der Waals surface area contributed by atoms with Gasteiger partial charge in [-0.15, -0.1) is 0 Å². The Hall–Kier alpha value is -0.820. The molecule has 1 nitrogen and oxygen atoms in total. The van der Waals surface area contributed by atoms with Gasteiger partial charge in [0.2, 0.25) is 0 Å². The number of rotatable bonds is 4. The Morgan fingerprint density at radius 2 is 1.88 bits per heavy atom. The van der Waals surface area contributed by atoms with E-state index in [0.29, 0.717) is 5.41 Å². The Morgan fingerprint density at radius 3 is 2.41 bits per heavy atom. The highest BCUT2D eigenvalue weighted by molar-refractivity contribution is 5.43. The van der Waals surface area contributed by atoms with Gasteiger partial charge in [-0.3, -0.25) is 0 Å². The number of benzene rings is 1. The van der Waals surface area contributed by atoms with Gasteiger partial charge < -0.3 is 5.73 Å². The Balaban J connectivity index is 2.39. The smallest absolute Gasteiger partial charge is 0.0358 e. The monoisotopic (exact) mass is 231 g/mol. The summed E-state index contributed by atoms with van der Waals surface area (Å²) in [4.78, 5) is 0. The van der Waals surface area contributed by atoms with Crippen molar-refractivity contribution in [2.45, 2.75) is 58.9 Å². The van der Waals surface area contributed by atoms with Crippen LogP contribution in [0.5, 0.6) is 0 Å². The molecule has 17 heavy (non-hydrogen) atoms. The molecule has 1 aliphatic carbocycles. The second-order valence-electron chi connectivity index (χ2n) is 5.66. The Labute approximate surface area is 105 Å². The molecule has 0 saturated heterocycles. The molecule has 1 heteroatoms. The van der Waals surface area contributed by atoms with E-state index in [0.717, 1.165) is 0 Å². The summed E-state index contributed by atoms with van der Waals surface area (Å²) >= 11 is 0. The first-order valence-electron chi connectivity index (χ1n) is 6.98. The first kappa shape index (κ1) is 12.6. The van der Waals surface area contributed by atoms with Crippen molar-refractivity contribution in [2.24, 2.45) is 11.1 Å². The van der Waals surface area contributed by atoms with Crippen molar-refractivity contribution in [2.75, 3.05) is 0 Å². The van der Waals surface area contributed by atoms with Crippen LogP contribution >= 0.6 is 0 Å². The van der Waals surface area contributed by atoms with E-state index in [-0.39, 0.29) is 6.04 Å². The van der Waals surface area contributed by atoms with Gasteiger partial charge in [-0.1, -0.05) is 44.9 Å². The van der Waals surface area contributed by atoms with Gasteiger partial charge in [0, 0.05) is 6.04 Å². The van der Waals surface area contributed by atoms with Gasteiger partial charge in [-0.25, -0.2) is 0 Å². The molecule has 1 atom stereocenters. The number of aryl methyl sites for hydroxylation is 1. The zero-order valence-corrected chi connectivity index (χ0v) is 11.4. The number of hydrogen-bond acceptors (Lipinski definition) is 1. The minimum Gasteiger partial charge on any atom is -0.323 e. The van der Waals surface area contributed by atoms with E-state index in [1.807, 2.05) is 0 Å². The van der Waals surface area contributed by atoms with Gasteiger partial charge in [0.25, 0.3) is 0 Å². The molecule has 0 saturated carbocycles. The van der Waals surface area contributed by atoms with Gasteiger partial charge in [-0.2, -0.15) is 0 Å². The Kier molecular flexibility index (Phi) is 3.58. The lowest BCUT2D eigenvalue weighted by Gasteiger charge is -2.33. The maximum atomic E-state index is 6.57. The molecule has 0 fully saturated rings. The zero-order chi connectivity index (χ0) is 12.5. The largest absolute Gasteiger partial charge is 0.323 e. The van der Waals surface area contributed by atoms with Gasteiger partial charge >= 0.3 is 0 Å². The van der Waals surface area contributed by atoms with Crippen LogP contribution in [-0.4, -0.2) is 0 Å². The maximum Gasteiger partial charge on any atom is 0.0358 e. The maximum absolute atomic E-state index is 6.57. The summed E-state index contributed by atoms with van der Waals surface area (Å²) < 4.78 is 0. The van der Waals surface area contributed by atoms with Crippen LogP contribution in [0.1, 0.15) is 62.3 Å². The van der Waals surface area contributed by atoms with E-state index in [1.165, 1.54) is 48.8 Å². The molecule has 0 spiro atoms. The van der Waals surface area contributed by atoms with Gasteiger partial charge in [-0.05, 0) is 48.3 Å². The molecule has 0 aromatic heterocycles. The average Bonchev–Trinajstić information content (AvgIpc) is 2.57. The average molecular weight is 231 g/mol. The van der Waals surface area contributed by atoms with Crippen molar-refractivity contribution in [1.82, 2.24) is 0 Å². The molecule has 2 rings (SSSR count). The van der Waals surface area contributed by atoms with Gasteiger partial charge in [0.1, 0.15) is 0 Å². The molecular formula is C16H25N. The molecule has 2 N–H and O–H groups in total. The van der Waals surface area contributed by atoms with E-state index in [4.69, 9.17) is 5.73 Å². The van der Waals surface area contributed by atoms with Crippen LogP contribution < -0.4 is 5.73 Å². The lowest BCUT2D eigenvalue weighted by atomic mass is 9.74. The first-order valence-corrected chi connectivity index (χ1v) is 6.98. The summed E-state index contributed by atoms with van der Waals surface area (Å²) in [6.45, 7) is 6.78. The SMILES string of the molecule is CCCC1(CCC)Cc2c(C)cccc2C1N. The molecule has 1 aliphatic rings. The minimum atomic E-state index is 0.247. The molecule has 1 unspecified atom stereocenters. The fourth-order valence-electron chi connectivity index (χ4n) is 3.66. The van der Waals surface area contributed by atoms with E-state index in [1.54, 1.807) is 0 Å². The lowest BCUT2D eigenvalue weighted by Crippen LogP contribution is -2.31. The summed E-state index contributed by atoms with van der Waals surface area (Å²) in [6, 6.07) is 6.86. The van der Waals surface area contributed by atoms with E-state index < -0.39 is 0 Å². The van der Waals surface area contributed by atoms with Crippen LogP contribution in [0.3, 0.4) is 0 Å². The molecule has 1 aromatic carbocycles. The van der Waals surface area contributed by atoms with E-state index >= 15 is 0 Å². The highest BCUT2D eigenvalue weighted by atomic mass is 14.7. The van der Waals surface area contributed by atoms with Crippen LogP contribution in [0.4, 0.5) is 0 Å². The first-order chi connectivity index (χ1) is 8.14. The second-order valence-corrected chi connectivity index (χ2v) is 5.66. The molecule has 0 aliphatic heterocycles. The van der Waals surface area contributed by atoms with Crippen LogP contribution in [-0.2, 0) is 6.42 Å². The molecule has 94 valence electrons. The molecule has 0 bridgehead atoms. The highest BCUT2D eigenvalue weighted by Crippen LogP contribution is 2.50. The Bertz CT molecular complexity index is 389. The topological polar surface area (TPSA) is 26.0 Å². The number of nitrogens with two attached hydrogens (primary N) is 1. The van der Waals surface area contributed by atoms with Crippen LogP contribution in [0, 0.1) is 12.3 Å². The van der Waals surface area contributed by atoms with Crippen LogP contribution in [0.2, 0.25) is 0 Å². The minimum absolute atomic E-state index is 0.247. The van der Waals surface area contributed by atoms with Crippen molar-refractivity contribution in [1.29, 1.82) is 0 Å². The third-order valence-corrected chi connectivity index (χ3v) is 4.47. The van der Waals surface area contributed by atoms with Crippen molar-refractivity contribution < 1.29 is 0 Å². The normalized spacial score (nSPS) is 21.5. The van der Waals surface area contributed by atoms with E-state index in [2.05, 4.69) is 39.0 Å². The van der Waals surface area contributed by atoms with Crippen LogP contribution in [0.25, 0.3) is 0 Å². The van der Waals surface area contributed by atoms with E-state index in [9.17, 15) is 0 Å². The predicted octanol–water partition coefficient (Wildman–Crippen LogP) is 4.14. The summed E-state index contributed by atoms with van der Waals surface area (Å²) in [6.07, 6.45) is 6.19. The molecule has 0 amide bonds. The van der Waals surface area contributed by atoms with Crippen molar-refractivity contribution in [3.8, 4) is 0 Å². The lowest BCUT2D eigenvalue weighted by molar-refractivity contribution is 0.201. The van der Waals surface area contributed by atoms with Crippen molar-refractivity contribution in [3.05, 3.63) is 34.9 Å².